The molecular formula is C22H39N9O6. The summed E-state index contributed by atoms with van der Waals surface area (Å²) in [5.74, 6) is -3.56. The minimum Gasteiger partial charge on any atom is -0.480 e. The molecule has 208 valence electrons. The molecule has 0 bridgehead atoms. The number of hydrogen-bond acceptors (Lipinski definition) is 8. The summed E-state index contributed by atoms with van der Waals surface area (Å²) in [6.45, 7) is 5.23. The van der Waals surface area contributed by atoms with Gasteiger partial charge in [-0.1, -0.05) is 13.8 Å². The number of aliphatic hydroxyl groups excluding tert-OH is 1. The predicted molar refractivity (Wildman–Crippen MR) is 135 cm³/mol. The number of H-pyrrole nitrogens is 1. The molecule has 12 N–H and O–H groups in total. The number of carboxylic acid groups (broad SMARTS) is 1. The molecule has 1 heterocycles. The fourth-order valence-corrected chi connectivity index (χ4v) is 3.40. The van der Waals surface area contributed by atoms with Gasteiger partial charge < -0.3 is 48.3 Å². The second kappa shape index (κ2) is 15.4. The number of nitrogens with one attached hydrogen (secondary N) is 4. The van der Waals surface area contributed by atoms with E-state index < -0.39 is 54.0 Å². The van der Waals surface area contributed by atoms with Crippen molar-refractivity contribution >= 4 is 29.7 Å². The van der Waals surface area contributed by atoms with Gasteiger partial charge in [-0.3, -0.25) is 19.4 Å². The van der Waals surface area contributed by atoms with Crippen LogP contribution in [0.2, 0.25) is 0 Å². The number of rotatable bonds is 16. The third-order valence-corrected chi connectivity index (χ3v) is 5.30. The van der Waals surface area contributed by atoms with Crippen molar-refractivity contribution in [2.45, 2.75) is 76.7 Å². The average Bonchev–Trinajstić information content (AvgIpc) is 3.30. The van der Waals surface area contributed by atoms with E-state index in [1.54, 1.807) is 0 Å². The lowest BCUT2D eigenvalue weighted by Crippen LogP contribution is -2.60. The molecule has 0 aromatic carbocycles. The molecule has 5 unspecified atom stereocenters. The smallest absolute Gasteiger partial charge is 0.326 e. The Morgan fingerprint density at radius 1 is 1.05 bits per heavy atom. The Morgan fingerprint density at radius 2 is 1.70 bits per heavy atom. The SMILES string of the molecule is CC(C)CC(N)C(=O)NC(Cc1cnc[nH]1)C(=O)NC(C(=O)NC(CCCN=C(N)N)C(=O)O)C(C)O. The Bertz CT molecular complexity index is 916. The van der Waals surface area contributed by atoms with Gasteiger partial charge >= 0.3 is 5.97 Å². The second-order valence-corrected chi connectivity index (χ2v) is 9.15. The van der Waals surface area contributed by atoms with Gasteiger partial charge in [-0.15, -0.1) is 0 Å². The van der Waals surface area contributed by atoms with Crippen LogP contribution in [0, 0.1) is 5.92 Å². The Morgan fingerprint density at radius 3 is 2.22 bits per heavy atom. The van der Waals surface area contributed by atoms with Gasteiger partial charge in [0, 0.05) is 24.9 Å². The number of aromatic nitrogens is 2. The third kappa shape index (κ3) is 11.7. The number of aliphatic imine (C=N–C) groups is 1. The number of carbonyl (C=O) groups excluding carboxylic acids is 3. The molecule has 0 radical (unpaired) electrons. The van der Waals surface area contributed by atoms with Gasteiger partial charge in [0.15, 0.2) is 5.96 Å². The van der Waals surface area contributed by atoms with Crippen LogP contribution >= 0.6 is 0 Å². The van der Waals surface area contributed by atoms with E-state index >= 15 is 0 Å². The van der Waals surface area contributed by atoms with E-state index in [9.17, 15) is 29.4 Å². The molecule has 15 heteroatoms. The van der Waals surface area contributed by atoms with Crippen LogP contribution in [0.3, 0.4) is 0 Å². The van der Waals surface area contributed by atoms with E-state index in [-0.39, 0.29) is 37.7 Å². The molecule has 1 aromatic rings. The van der Waals surface area contributed by atoms with Crippen molar-refractivity contribution in [3.63, 3.8) is 0 Å². The summed E-state index contributed by atoms with van der Waals surface area (Å²) >= 11 is 0. The van der Waals surface area contributed by atoms with Crippen LogP contribution in [-0.2, 0) is 25.6 Å². The Balaban J connectivity index is 2.96. The van der Waals surface area contributed by atoms with E-state index in [1.165, 1.54) is 19.4 Å². The fraction of sp³-hybridized carbons (Fsp3) is 0.636. The Hall–Kier alpha value is -3.72. The molecule has 0 saturated carbocycles. The molecule has 37 heavy (non-hydrogen) atoms. The molecule has 1 rings (SSSR count). The largest absolute Gasteiger partial charge is 0.480 e. The highest BCUT2D eigenvalue weighted by Gasteiger charge is 2.33. The molecule has 0 saturated heterocycles. The second-order valence-electron chi connectivity index (χ2n) is 9.15. The summed E-state index contributed by atoms with van der Waals surface area (Å²) in [5, 5.41) is 26.9. The molecule has 1 aromatic heterocycles. The first-order valence-electron chi connectivity index (χ1n) is 11.9. The molecule has 0 spiro atoms. The monoisotopic (exact) mass is 525 g/mol. The zero-order valence-electron chi connectivity index (χ0n) is 21.3. The van der Waals surface area contributed by atoms with Crippen molar-refractivity contribution < 1.29 is 29.4 Å². The summed E-state index contributed by atoms with van der Waals surface area (Å²) in [6, 6.07) is -4.83. The zero-order chi connectivity index (χ0) is 28.1. The summed E-state index contributed by atoms with van der Waals surface area (Å²) in [7, 11) is 0. The molecular weight excluding hydrogens is 486 g/mol. The highest BCUT2D eigenvalue weighted by atomic mass is 16.4. The average molecular weight is 526 g/mol. The number of nitrogens with two attached hydrogens (primary N) is 3. The first-order chi connectivity index (χ1) is 17.3. The highest BCUT2D eigenvalue weighted by Crippen LogP contribution is 2.06. The number of imidazole rings is 1. The van der Waals surface area contributed by atoms with Gasteiger partial charge in [0.1, 0.15) is 18.1 Å². The summed E-state index contributed by atoms with van der Waals surface area (Å²) in [5.41, 5.74) is 16.9. The molecule has 0 aliphatic rings. The number of carbonyl (C=O) groups is 4. The number of aromatic amines is 1. The van der Waals surface area contributed by atoms with Crippen molar-refractivity contribution in [1.29, 1.82) is 0 Å². The maximum absolute atomic E-state index is 13.1. The van der Waals surface area contributed by atoms with E-state index in [1.807, 2.05) is 13.8 Å². The minimum atomic E-state index is -1.50. The lowest BCUT2D eigenvalue weighted by molar-refractivity contribution is -0.143. The van der Waals surface area contributed by atoms with Crippen molar-refractivity contribution in [3.05, 3.63) is 18.2 Å². The van der Waals surface area contributed by atoms with Crippen molar-refractivity contribution in [2.24, 2.45) is 28.1 Å². The zero-order valence-corrected chi connectivity index (χ0v) is 21.3. The summed E-state index contributed by atoms with van der Waals surface area (Å²) in [4.78, 5) is 60.6. The Kier molecular flexibility index (Phi) is 13.0. The van der Waals surface area contributed by atoms with Gasteiger partial charge in [0.2, 0.25) is 17.7 Å². The number of amides is 3. The highest BCUT2D eigenvalue weighted by molar-refractivity contribution is 5.94. The van der Waals surface area contributed by atoms with Gasteiger partial charge in [0.25, 0.3) is 0 Å². The maximum atomic E-state index is 13.1. The van der Waals surface area contributed by atoms with E-state index in [4.69, 9.17) is 17.2 Å². The van der Waals surface area contributed by atoms with Crippen molar-refractivity contribution in [2.75, 3.05) is 6.54 Å². The molecule has 3 amide bonds. The van der Waals surface area contributed by atoms with Crippen LogP contribution in [0.1, 0.15) is 45.7 Å². The van der Waals surface area contributed by atoms with E-state index in [2.05, 4.69) is 30.9 Å². The number of guanidine groups is 1. The van der Waals surface area contributed by atoms with E-state index in [0.717, 1.165) is 0 Å². The first-order valence-corrected chi connectivity index (χ1v) is 11.9. The van der Waals surface area contributed by atoms with Gasteiger partial charge in [-0.25, -0.2) is 9.78 Å². The first kappa shape index (κ1) is 31.3. The van der Waals surface area contributed by atoms with Gasteiger partial charge in [0.05, 0.1) is 18.5 Å². The van der Waals surface area contributed by atoms with Crippen LogP contribution in [0.4, 0.5) is 0 Å². The molecule has 5 atom stereocenters. The predicted octanol–water partition coefficient (Wildman–Crippen LogP) is -2.70. The van der Waals surface area contributed by atoms with Crippen LogP contribution in [-0.4, -0.2) is 86.6 Å². The molecule has 0 aliphatic heterocycles. The molecule has 0 fully saturated rings. The van der Waals surface area contributed by atoms with Gasteiger partial charge in [-0.2, -0.15) is 0 Å². The quantitative estimate of drug-likeness (QED) is 0.0612. The number of carboxylic acids is 1. The standard InChI is InChI=1S/C22H39N9O6/c1-11(2)7-14(23)18(33)30-16(8-13-9-26-10-28-13)19(34)31-17(12(3)32)20(35)29-15(21(36)37)5-4-6-27-22(24)25/h9-12,14-17,32H,4-8,23H2,1-3H3,(H,26,28)(H,29,35)(H,30,33)(H,31,34)(H,36,37)(H4,24,25,27). The number of aliphatic carboxylic acids is 1. The summed E-state index contributed by atoms with van der Waals surface area (Å²) in [6.07, 6.45) is 2.15. The Labute approximate surface area is 215 Å². The van der Waals surface area contributed by atoms with Crippen molar-refractivity contribution in [1.82, 2.24) is 25.9 Å². The normalized spacial score (nSPS) is 15.1. The maximum Gasteiger partial charge on any atom is 0.326 e. The summed E-state index contributed by atoms with van der Waals surface area (Å²) < 4.78 is 0. The number of aliphatic hydroxyl groups is 1. The molecule has 15 nitrogen and oxygen atoms in total. The van der Waals surface area contributed by atoms with Crippen LogP contribution in [0.5, 0.6) is 0 Å². The minimum absolute atomic E-state index is 0.00264. The third-order valence-electron chi connectivity index (χ3n) is 5.30. The number of hydrogen-bond donors (Lipinski definition) is 9. The van der Waals surface area contributed by atoms with E-state index in [0.29, 0.717) is 12.1 Å². The number of nitrogens with zero attached hydrogens (tertiary/aromatic N) is 2. The fourth-order valence-electron chi connectivity index (χ4n) is 3.40. The van der Waals surface area contributed by atoms with Crippen LogP contribution in [0.25, 0.3) is 0 Å². The van der Waals surface area contributed by atoms with Crippen molar-refractivity contribution in [3.8, 4) is 0 Å². The lowest BCUT2D eigenvalue weighted by atomic mass is 10.0. The lowest BCUT2D eigenvalue weighted by Gasteiger charge is -2.26. The van der Waals surface area contributed by atoms with Gasteiger partial charge in [-0.05, 0) is 32.1 Å². The topological polar surface area (TPSA) is 264 Å². The van der Waals surface area contributed by atoms with Crippen LogP contribution < -0.4 is 33.2 Å². The van der Waals surface area contributed by atoms with Crippen LogP contribution in [0.15, 0.2) is 17.5 Å². The molecule has 0 aliphatic carbocycles.